The molecule has 1 aromatic rings. The smallest absolute Gasteiger partial charge is 0.131 e. The highest BCUT2D eigenvalue weighted by atomic mass is 16.3. The van der Waals surface area contributed by atoms with E-state index in [1.807, 2.05) is 0 Å². The van der Waals surface area contributed by atoms with Gasteiger partial charge in [0.25, 0.3) is 0 Å². The first-order valence-corrected chi connectivity index (χ1v) is 6.32. The van der Waals surface area contributed by atoms with Crippen LogP contribution in [0.25, 0.3) is 0 Å². The maximum Gasteiger partial charge on any atom is 0.131 e. The summed E-state index contributed by atoms with van der Waals surface area (Å²) in [4.78, 5) is 8.75. The molecule has 2 rings (SSSR count). The van der Waals surface area contributed by atoms with Crippen LogP contribution in [0.3, 0.4) is 0 Å². The van der Waals surface area contributed by atoms with Crippen LogP contribution in [0, 0.1) is 0 Å². The highest BCUT2D eigenvalue weighted by Gasteiger charge is 2.15. The Morgan fingerprint density at radius 1 is 1.00 bits per heavy atom. The number of aliphatic hydroxyl groups excluding tert-OH is 1. The van der Waals surface area contributed by atoms with Crippen LogP contribution in [0.4, 0.5) is 0 Å². The van der Waals surface area contributed by atoms with Crippen LogP contribution in [-0.2, 0) is 6.61 Å². The van der Waals surface area contributed by atoms with Crippen molar-refractivity contribution in [1.29, 1.82) is 0 Å². The van der Waals surface area contributed by atoms with Gasteiger partial charge in [0, 0.05) is 23.9 Å². The Morgan fingerprint density at radius 2 is 1.56 bits per heavy atom. The molecule has 0 bridgehead atoms. The Labute approximate surface area is 96.9 Å². The summed E-state index contributed by atoms with van der Waals surface area (Å²) < 4.78 is 0. The molecule has 3 nitrogen and oxygen atoms in total. The fourth-order valence-corrected chi connectivity index (χ4v) is 2.37. The normalized spacial score (nSPS) is 19.1. The SMILES string of the molecule is OCc1cnc(C2CCCCCCC2)nc1. The van der Waals surface area contributed by atoms with Crippen LogP contribution in [-0.4, -0.2) is 15.1 Å². The van der Waals surface area contributed by atoms with Crippen LogP contribution >= 0.6 is 0 Å². The Balaban J connectivity index is 2.02. The number of aromatic nitrogens is 2. The van der Waals surface area contributed by atoms with E-state index < -0.39 is 0 Å². The van der Waals surface area contributed by atoms with E-state index in [1.165, 1.54) is 44.9 Å². The number of rotatable bonds is 2. The average Bonchev–Trinajstić information content (AvgIpc) is 2.29. The molecule has 88 valence electrons. The van der Waals surface area contributed by atoms with Crippen molar-refractivity contribution < 1.29 is 5.11 Å². The quantitative estimate of drug-likeness (QED) is 0.833. The highest BCUT2D eigenvalue weighted by molar-refractivity contribution is 5.06. The Hall–Kier alpha value is -0.960. The second-order valence-electron chi connectivity index (χ2n) is 4.65. The molecule has 1 saturated carbocycles. The molecule has 1 heterocycles. The Morgan fingerprint density at radius 3 is 2.12 bits per heavy atom. The molecular weight excluding hydrogens is 200 g/mol. The maximum atomic E-state index is 8.94. The van der Waals surface area contributed by atoms with Crippen molar-refractivity contribution >= 4 is 0 Å². The third-order valence-electron chi connectivity index (χ3n) is 3.38. The highest BCUT2D eigenvalue weighted by Crippen LogP contribution is 2.28. The molecule has 1 aliphatic carbocycles. The average molecular weight is 220 g/mol. The molecule has 1 aliphatic rings. The van der Waals surface area contributed by atoms with Crippen molar-refractivity contribution in [3.63, 3.8) is 0 Å². The zero-order chi connectivity index (χ0) is 11.2. The zero-order valence-corrected chi connectivity index (χ0v) is 9.73. The third kappa shape index (κ3) is 3.01. The molecular formula is C13H20N2O. The van der Waals surface area contributed by atoms with Crippen molar-refractivity contribution in [2.45, 2.75) is 57.5 Å². The monoisotopic (exact) mass is 220 g/mol. The lowest BCUT2D eigenvalue weighted by molar-refractivity contribution is 0.280. The first-order valence-electron chi connectivity index (χ1n) is 6.32. The van der Waals surface area contributed by atoms with Crippen LogP contribution in [0.15, 0.2) is 12.4 Å². The number of hydrogen-bond acceptors (Lipinski definition) is 3. The first kappa shape index (κ1) is 11.5. The molecule has 0 amide bonds. The van der Waals surface area contributed by atoms with Gasteiger partial charge in [-0.05, 0) is 12.8 Å². The lowest BCUT2D eigenvalue weighted by Crippen LogP contribution is -2.07. The summed E-state index contributed by atoms with van der Waals surface area (Å²) in [5.41, 5.74) is 0.801. The van der Waals surface area contributed by atoms with Gasteiger partial charge in [0.05, 0.1) is 6.61 Å². The van der Waals surface area contributed by atoms with Crippen molar-refractivity contribution in [3.8, 4) is 0 Å². The molecule has 0 spiro atoms. The van der Waals surface area contributed by atoms with Crippen LogP contribution < -0.4 is 0 Å². The van der Waals surface area contributed by atoms with E-state index in [-0.39, 0.29) is 6.61 Å². The van der Waals surface area contributed by atoms with E-state index >= 15 is 0 Å². The van der Waals surface area contributed by atoms with Gasteiger partial charge in [0.2, 0.25) is 0 Å². The molecule has 0 radical (unpaired) electrons. The van der Waals surface area contributed by atoms with Gasteiger partial charge in [-0.1, -0.05) is 32.1 Å². The number of aliphatic hydroxyl groups is 1. The van der Waals surface area contributed by atoms with E-state index in [0.29, 0.717) is 5.92 Å². The zero-order valence-electron chi connectivity index (χ0n) is 9.73. The van der Waals surface area contributed by atoms with Crippen LogP contribution in [0.2, 0.25) is 0 Å². The van der Waals surface area contributed by atoms with E-state index in [4.69, 9.17) is 5.11 Å². The van der Waals surface area contributed by atoms with Gasteiger partial charge in [-0.2, -0.15) is 0 Å². The van der Waals surface area contributed by atoms with E-state index in [0.717, 1.165) is 11.4 Å². The van der Waals surface area contributed by atoms with E-state index in [9.17, 15) is 0 Å². The van der Waals surface area contributed by atoms with Gasteiger partial charge < -0.3 is 5.11 Å². The number of hydrogen-bond donors (Lipinski definition) is 1. The minimum Gasteiger partial charge on any atom is -0.392 e. The molecule has 0 saturated heterocycles. The van der Waals surface area contributed by atoms with Crippen LogP contribution in [0.1, 0.15) is 62.3 Å². The summed E-state index contributed by atoms with van der Waals surface area (Å²) in [6, 6.07) is 0. The molecule has 16 heavy (non-hydrogen) atoms. The lowest BCUT2D eigenvalue weighted by Gasteiger charge is -2.18. The minimum absolute atomic E-state index is 0.0327. The summed E-state index contributed by atoms with van der Waals surface area (Å²) in [7, 11) is 0. The number of nitrogens with zero attached hydrogens (tertiary/aromatic N) is 2. The molecule has 1 aromatic heterocycles. The van der Waals surface area contributed by atoms with Crippen molar-refractivity contribution in [2.24, 2.45) is 0 Å². The predicted molar refractivity (Wildman–Crippen MR) is 63.0 cm³/mol. The molecule has 0 unspecified atom stereocenters. The molecule has 0 aliphatic heterocycles. The summed E-state index contributed by atoms with van der Waals surface area (Å²) in [5.74, 6) is 1.51. The summed E-state index contributed by atoms with van der Waals surface area (Å²) in [6.45, 7) is 0.0327. The minimum atomic E-state index is 0.0327. The van der Waals surface area contributed by atoms with E-state index in [1.54, 1.807) is 12.4 Å². The first-order chi connectivity index (χ1) is 7.90. The van der Waals surface area contributed by atoms with Crippen molar-refractivity contribution in [3.05, 3.63) is 23.8 Å². The standard InChI is InChI=1S/C13H20N2O/c16-10-11-8-14-13(15-9-11)12-6-4-2-1-3-5-7-12/h8-9,12,16H,1-7,10H2. The molecule has 0 atom stereocenters. The summed E-state index contributed by atoms with van der Waals surface area (Å²) in [5, 5.41) is 8.94. The molecule has 0 aromatic carbocycles. The largest absolute Gasteiger partial charge is 0.392 e. The topological polar surface area (TPSA) is 46.0 Å². The van der Waals surface area contributed by atoms with Gasteiger partial charge in [-0.15, -0.1) is 0 Å². The second-order valence-corrected chi connectivity index (χ2v) is 4.65. The third-order valence-corrected chi connectivity index (χ3v) is 3.38. The molecule has 1 fully saturated rings. The molecule has 3 heteroatoms. The van der Waals surface area contributed by atoms with Crippen LogP contribution in [0.5, 0.6) is 0 Å². The lowest BCUT2D eigenvalue weighted by atomic mass is 9.90. The summed E-state index contributed by atoms with van der Waals surface area (Å²) in [6.07, 6.45) is 12.6. The van der Waals surface area contributed by atoms with E-state index in [2.05, 4.69) is 9.97 Å². The van der Waals surface area contributed by atoms with Gasteiger partial charge in [0.1, 0.15) is 5.82 Å². The van der Waals surface area contributed by atoms with Gasteiger partial charge in [0.15, 0.2) is 0 Å². The van der Waals surface area contributed by atoms with Gasteiger partial charge >= 0.3 is 0 Å². The van der Waals surface area contributed by atoms with Crippen molar-refractivity contribution in [2.75, 3.05) is 0 Å². The Bertz CT molecular complexity index is 302. The fraction of sp³-hybridized carbons (Fsp3) is 0.692. The second kappa shape index (κ2) is 5.94. The van der Waals surface area contributed by atoms with Gasteiger partial charge in [-0.25, -0.2) is 9.97 Å². The predicted octanol–water partition coefficient (Wildman–Crippen LogP) is 2.80. The fourth-order valence-electron chi connectivity index (χ4n) is 2.37. The molecule has 1 N–H and O–H groups in total. The van der Waals surface area contributed by atoms with Gasteiger partial charge in [-0.3, -0.25) is 0 Å². The van der Waals surface area contributed by atoms with Crippen molar-refractivity contribution in [1.82, 2.24) is 9.97 Å². The Kier molecular flexibility index (Phi) is 4.28. The summed E-state index contributed by atoms with van der Waals surface area (Å²) >= 11 is 0. The maximum absolute atomic E-state index is 8.94.